The largest absolute Gasteiger partial charge is 1.00 e. The summed E-state index contributed by atoms with van der Waals surface area (Å²) in [6.45, 7) is 0. The molecule has 0 bridgehead atoms. The third-order valence-corrected chi connectivity index (χ3v) is 2.07. The van der Waals surface area contributed by atoms with Crippen molar-refractivity contribution < 1.29 is 34.7 Å². The van der Waals surface area contributed by atoms with Crippen molar-refractivity contribution in [3.05, 3.63) is 77.9 Å². The molecule has 2 aromatic carbocycles. The molecular weight excluding hydrogens is 195 g/mol. The van der Waals surface area contributed by atoms with Gasteiger partial charge in [-0.3, -0.25) is 0 Å². The molecule has 0 N–H and O–H groups in total. The fourth-order valence-corrected chi connectivity index (χ4v) is 1.35. The van der Waals surface area contributed by atoms with E-state index in [4.69, 9.17) is 0 Å². The van der Waals surface area contributed by atoms with Crippen molar-refractivity contribution in [1.82, 2.24) is 0 Å². The molecule has 1 radical (unpaired) electrons. The minimum atomic E-state index is 0. The molecule has 0 aromatic heterocycles. The summed E-state index contributed by atoms with van der Waals surface area (Å²) in [5, 5.41) is 11.8. The van der Waals surface area contributed by atoms with Gasteiger partial charge >= 0.3 is 29.6 Å². The van der Waals surface area contributed by atoms with Gasteiger partial charge in [0.25, 0.3) is 0 Å². The average Bonchev–Trinajstić information content (AvgIpc) is 2.30. The smallest absolute Gasteiger partial charge is 0.843 e. The maximum Gasteiger partial charge on any atom is 1.00 e. The van der Waals surface area contributed by atoms with E-state index < -0.39 is 0 Å². The summed E-state index contributed by atoms with van der Waals surface area (Å²) in [7, 11) is 0. The molecule has 0 spiro atoms. The summed E-state index contributed by atoms with van der Waals surface area (Å²) in [6, 6.07) is 18.6. The SMILES string of the molecule is [Na+].[O-][C](c1ccccc1)c1ccccc1. The Morgan fingerprint density at radius 1 is 0.667 bits per heavy atom. The van der Waals surface area contributed by atoms with Gasteiger partial charge in [-0.25, -0.2) is 0 Å². The van der Waals surface area contributed by atoms with Crippen molar-refractivity contribution >= 4 is 0 Å². The van der Waals surface area contributed by atoms with E-state index in [0.717, 1.165) is 11.1 Å². The van der Waals surface area contributed by atoms with E-state index in [-0.39, 0.29) is 35.7 Å². The van der Waals surface area contributed by atoms with Crippen LogP contribution in [0.15, 0.2) is 60.7 Å². The van der Waals surface area contributed by atoms with Crippen LogP contribution in [0, 0.1) is 6.10 Å². The van der Waals surface area contributed by atoms with Crippen LogP contribution in [0.5, 0.6) is 0 Å². The van der Waals surface area contributed by atoms with Crippen LogP contribution in [0.1, 0.15) is 11.1 Å². The molecule has 2 heteroatoms. The van der Waals surface area contributed by atoms with E-state index in [0.29, 0.717) is 0 Å². The van der Waals surface area contributed by atoms with Crippen LogP contribution in [-0.2, 0) is 0 Å². The first-order valence-corrected chi connectivity index (χ1v) is 4.53. The minimum absolute atomic E-state index is 0. The zero-order chi connectivity index (χ0) is 9.80. The molecule has 15 heavy (non-hydrogen) atoms. The maximum absolute atomic E-state index is 11.8. The Hall–Kier alpha value is -0.600. The molecule has 0 unspecified atom stereocenters. The molecule has 0 aliphatic heterocycles. The van der Waals surface area contributed by atoms with Gasteiger partial charge in [0.05, 0.1) is 0 Å². The quantitative estimate of drug-likeness (QED) is 0.575. The summed E-state index contributed by atoms with van der Waals surface area (Å²) in [6.07, 6.45) is 0.0752. The molecule has 0 heterocycles. The predicted octanol–water partition coefficient (Wildman–Crippen LogP) is -1.02. The van der Waals surface area contributed by atoms with Crippen LogP contribution >= 0.6 is 0 Å². The van der Waals surface area contributed by atoms with Gasteiger partial charge in [-0.15, -0.1) is 0 Å². The van der Waals surface area contributed by atoms with Gasteiger partial charge in [0.15, 0.2) is 0 Å². The first kappa shape index (κ1) is 12.5. The van der Waals surface area contributed by atoms with E-state index in [1.807, 2.05) is 60.7 Å². The molecule has 2 aromatic rings. The third kappa shape index (κ3) is 3.18. The fraction of sp³-hybridized carbons (Fsp3) is 0. The predicted molar refractivity (Wildman–Crippen MR) is 54.3 cm³/mol. The number of hydrogen-bond donors (Lipinski definition) is 0. The molecule has 0 saturated heterocycles. The molecule has 2 rings (SSSR count). The Morgan fingerprint density at radius 3 is 1.33 bits per heavy atom. The Morgan fingerprint density at radius 2 is 1.00 bits per heavy atom. The van der Waals surface area contributed by atoms with Crippen molar-refractivity contribution in [1.29, 1.82) is 0 Å². The summed E-state index contributed by atoms with van der Waals surface area (Å²) in [5.74, 6) is 0. The standard InChI is InChI=1S/C13H10O.Na/c14-13(11-7-3-1-4-8-11)12-9-5-2-6-10-12;/h1-10H;/q-1;+1. The van der Waals surface area contributed by atoms with Crippen LogP contribution in [-0.4, -0.2) is 0 Å². The van der Waals surface area contributed by atoms with Crippen molar-refractivity contribution in [3.8, 4) is 0 Å². The first-order chi connectivity index (χ1) is 6.88. The van der Waals surface area contributed by atoms with Gasteiger partial charge in [-0.05, 0) is 0 Å². The van der Waals surface area contributed by atoms with Gasteiger partial charge in [0.2, 0.25) is 0 Å². The van der Waals surface area contributed by atoms with Crippen LogP contribution in [0.4, 0.5) is 0 Å². The summed E-state index contributed by atoms with van der Waals surface area (Å²) >= 11 is 0. The Bertz CT molecular complexity index is 346. The minimum Gasteiger partial charge on any atom is -0.843 e. The van der Waals surface area contributed by atoms with Crippen molar-refractivity contribution in [2.75, 3.05) is 0 Å². The van der Waals surface area contributed by atoms with Gasteiger partial charge in [-0.1, -0.05) is 77.9 Å². The van der Waals surface area contributed by atoms with Crippen LogP contribution in [0.3, 0.4) is 0 Å². The van der Waals surface area contributed by atoms with Crippen molar-refractivity contribution in [2.24, 2.45) is 0 Å². The van der Waals surface area contributed by atoms with Gasteiger partial charge in [0.1, 0.15) is 0 Å². The second-order valence-electron chi connectivity index (χ2n) is 3.06. The topological polar surface area (TPSA) is 23.1 Å². The number of hydrogen-bond acceptors (Lipinski definition) is 1. The molecule has 0 saturated carbocycles. The molecule has 0 fully saturated rings. The Balaban J connectivity index is 0.00000112. The van der Waals surface area contributed by atoms with Crippen LogP contribution in [0.2, 0.25) is 0 Å². The normalized spacial score (nSPS) is 9.73. The Labute approximate surface area is 112 Å². The van der Waals surface area contributed by atoms with E-state index in [1.165, 1.54) is 0 Å². The van der Waals surface area contributed by atoms with E-state index >= 15 is 0 Å². The van der Waals surface area contributed by atoms with Gasteiger partial charge < -0.3 is 5.11 Å². The van der Waals surface area contributed by atoms with Crippen LogP contribution in [0.25, 0.3) is 0 Å². The number of rotatable bonds is 2. The van der Waals surface area contributed by atoms with Crippen molar-refractivity contribution in [2.45, 2.75) is 0 Å². The average molecular weight is 205 g/mol. The molecule has 0 aliphatic rings. The van der Waals surface area contributed by atoms with Crippen molar-refractivity contribution in [3.63, 3.8) is 0 Å². The summed E-state index contributed by atoms with van der Waals surface area (Å²) in [5.41, 5.74) is 1.47. The summed E-state index contributed by atoms with van der Waals surface area (Å²) < 4.78 is 0. The van der Waals surface area contributed by atoms with E-state index in [1.54, 1.807) is 0 Å². The maximum atomic E-state index is 11.8. The molecule has 0 atom stereocenters. The number of benzene rings is 2. The van der Waals surface area contributed by atoms with Gasteiger partial charge in [0, 0.05) is 0 Å². The molecule has 1 nitrogen and oxygen atoms in total. The third-order valence-electron chi connectivity index (χ3n) is 2.07. The summed E-state index contributed by atoms with van der Waals surface area (Å²) in [4.78, 5) is 0. The fourth-order valence-electron chi connectivity index (χ4n) is 1.35. The van der Waals surface area contributed by atoms with E-state index in [2.05, 4.69) is 0 Å². The second-order valence-corrected chi connectivity index (χ2v) is 3.06. The first-order valence-electron chi connectivity index (χ1n) is 4.53. The zero-order valence-corrected chi connectivity index (χ0v) is 10.7. The Kier molecular flexibility index (Phi) is 5.06. The van der Waals surface area contributed by atoms with Crippen LogP contribution < -0.4 is 34.7 Å². The van der Waals surface area contributed by atoms with E-state index in [9.17, 15) is 5.11 Å². The van der Waals surface area contributed by atoms with Gasteiger partial charge in [-0.2, -0.15) is 0 Å². The molecule has 69 valence electrons. The zero-order valence-electron chi connectivity index (χ0n) is 8.68. The molecule has 0 amide bonds. The monoisotopic (exact) mass is 205 g/mol. The molecular formula is C13H10NaO. The molecule has 0 aliphatic carbocycles. The second kappa shape index (κ2) is 6.09.